The first-order chi connectivity index (χ1) is 5.95. The molecule has 0 saturated carbocycles. The second kappa shape index (κ2) is 3.56. The maximum Gasteiger partial charge on any atom is 0.132 e. The summed E-state index contributed by atoms with van der Waals surface area (Å²) in [7, 11) is 0. The van der Waals surface area contributed by atoms with Gasteiger partial charge in [-0.25, -0.2) is 0 Å². The molecule has 0 aliphatic carbocycles. The van der Waals surface area contributed by atoms with E-state index >= 15 is 0 Å². The minimum atomic E-state index is 0.213. The van der Waals surface area contributed by atoms with Gasteiger partial charge in [0.25, 0.3) is 0 Å². The quantitative estimate of drug-likeness (QED) is 0.687. The first-order valence-electron chi connectivity index (χ1n) is 3.99. The fourth-order valence-corrected chi connectivity index (χ4v) is 0.940. The van der Waals surface area contributed by atoms with Crippen molar-refractivity contribution in [2.45, 2.75) is 6.10 Å². The molecule has 1 aromatic rings. The van der Waals surface area contributed by atoms with E-state index in [0.717, 1.165) is 5.69 Å². The van der Waals surface area contributed by atoms with Gasteiger partial charge in [-0.05, 0) is 12.1 Å². The highest BCUT2D eigenvalue weighted by Gasteiger charge is 2.18. The average molecular weight is 165 g/mol. The molecule has 0 aromatic heterocycles. The molecule has 3 heteroatoms. The fraction of sp³-hybridized carbons (Fsp3) is 0.333. The summed E-state index contributed by atoms with van der Waals surface area (Å²) in [6, 6.07) is 9.81. The van der Waals surface area contributed by atoms with Gasteiger partial charge in [0.05, 0.1) is 18.9 Å². The third-order valence-electron chi connectivity index (χ3n) is 1.72. The molecule has 1 aliphatic heterocycles. The summed E-state index contributed by atoms with van der Waals surface area (Å²) >= 11 is 0. The fourth-order valence-electron chi connectivity index (χ4n) is 0.940. The first-order valence-corrected chi connectivity index (χ1v) is 3.99. The molecule has 0 spiro atoms. The minimum absolute atomic E-state index is 0.213. The molecule has 0 radical (unpaired) electrons. The van der Waals surface area contributed by atoms with E-state index in [1.807, 2.05) is 30.3 Å². The molecule has 1 N–H and O–H groups in total. The molecular weight excluding hydrogens is 154 g/mol. The average Bonchev–Trinajstić information content (AvgIpc) is 2.04. The van der Waals surface area contributed by atoms with E-state index in [4.69, 9.17) is 9.57 Å². The van der Waals surface area contributed by atoms with Crippen LogP contribution in [0.1, 0.15) is 0 Å². The summed E-state index contributed by atoms with van der Waals surface area (Å²) in [6.07, 6.45) is 0.213. The van der Waals surface area contributed by atoms with Gasteiger partial charge in [0.1, 0.15) is 6.10 Å². The van der Waals surface area contributed by atoms with Crippen molar-refractivity contribution < 1.29 is 9.57 Å². The molecule has 1 fully saturated rings. The highest BCUT2D eigenvalue weighted by Crippen LogP contribution is 2.09. The van der Waals surface area contributed by atoms with Crippen molar-refractivity contribution in [3.8, 4) is 0 Å². The van der Waals surface area contributed by atoms with Crippen LogP contribution in [0.2, 0.25) is 0 Å². The zero-order valence-electron chi connectivity index (χ0n) is 6.69. The van der Waals surface area contributed by atoms with E-state index < -0.39 is 0 Å². The number of para-hydroxylation sites is 1. The number of hydrogen-bond donors (Lipinski definition) is 1. The van der Waals surface area contributed by atoms with Crippen LogP contribution in [0.5, 0.6) is 0 Å². The summed E-state index contributed by atoms with van der Waals surface area (Å²) in [6.45, 7) is 1.39. The van der Waals surface area contributed by atoms with Crippen molar-refractivity contribution >= 4 is 5.69 Å². The van der Waals surface area contributed by atoms with Crippen LogP contribution in [0.3, 0.4) is 0 Å². The van der Waals surface area contributed by atoms with Crippen molar-refractivity contribution in [2.75, 3.05) is 18.7 Å². The Morgan fingerprint density at radius 1 is 1.25 bits per heavy atom. The molecule has 1 aromatic carbocycles. The molecule has 64 valence electrons. The van der Waals surface area contributed by atoms with E-state index in [9.17, 15) is 0 Å². The number of rotatable bonds is 3. The van der Waals surface area contributed by atoms with Gasteiger partial charge in [-0.2, -0.15) is 0 Å². The number of nitrogens with one attached hydrogen (secondary N) is 1. The molecule has 1 aliphatic rings. The van der Waals surface area contributed by atoms with E-state index in [2.05, 4.69) is 5.48 Å². The smallest absolute Gasteiger partial charge is 0.132 e. The summed E-state index contributed by atoms with van der Waals surface area (Å²) in [4.78, 5) is 5.29. The van der Waals surface area contributed by atoms with E-state index in [0.29, 0.717) is 13.2 Å². The number of hydrogen-bond acceptors (Lipinski definition) is 3. The van der Waals surface area contributed by atoms with Gasteiger partial charge in [-0.15, -0.1) is 0 Å². The zero-order chi connectivity index (χ0) is 8.23. The number of ether oxygens (including phenoxy) is 1. The molecule has 0 bridgehead atoms. The molecule has 12 heavy (non-hydrogen) atoms. The van der Waals surface area contributed by atoms with Crippen molar-refractivity contribution in [1.82, 2.24) is 0 Å². The zero-order valence-corrected chi connectivity index (χ0v) is 6.69. The predicted octanol–water partition coefficient (Wildman–Crippen LogP) is 1.43. The third-order valence-corrected chi connectivity index (χ3v) is 1.72. The Kier molecular flexibility index (Phi) is 2.25. The van der Waals surface area contributed by atoms with Gasteiger partial charge in [0, 0.05) is 0 Å². The predicted molar refractivity (Wildman–Crippen MR) is 45.8 cm³/mol. The van der Waals surface area contributed by atoms with Crippen LogP contribution < -0.4 is 5.48 Å². The Hall–Kier alpha value is -1.06. The van der Waals surface area contributed by atoms with Crippen LogP contribution in [0, 0.1) is 0 Å². The molecule has 0 unspecified atom stereocenters. The summed E-state index contributed by atoms with van der Waals surface area (Å²) in [5.41, 5.74) is 3.84. The van der Waals surface area contributed by atoms with Gasteiger partial charge >= 0.3 is 0 Å². The Balaban J connectivity index is 1.79. The minimum Gasteiger partial charge on any atom is -0.376 e. The molecule has 1 heterocycles. The molecule has 3 nitrogen and oxygen atoms in total. The van der Waals surface area contributed by atoms with Gasteiger partial charge in [0.2, 0.25) is 0 Å². The second-order valence-electron chi connectivity index (χ2n) is 2.75. The molecule has 0 atom stereocenters. The Bertz CT molecular complexity index is 234. The van der Waals surface area contributed by atoms with Crippen LogP contribution in [-0.2, 0) is 9.57 Å². The normalized spacial score (nSPS) is 17.0. The second-order valence-corrected chi connectivity index (χ2v) is 2.75. The van der Waals surface area contributed by atoms with Gasteiger partial charge < -0.3 is 4.74 Å². The topological polar surface area (TPSA) is 30.5 Å². The molecular formula is C9H11NO2. The van der Waals surface area contributed by atoms with Crippen LogP contribution in [0.4, 0.5) is 5.69 Å². The lowest BCUT2D eigenvalue weighted by atomic mass is 10.3. The molecule has 1 saturated heterocycles. The van der Waals surface area contributed by atoms with Crippen molar-refractivity contribution in [2.24, 2.45) is 0 Å². The van der Waals surface area contributed by atoms with Crippen LogP contribution in [0.25, 0.3) is 0 Å². The van der Waals surface area contributed by atoms with Crippen LogP contribution >= 0.6 is 0 Å². The SMILES string of the molecule is c1ccc(NOC2COC2)cc1. The highest BCUT2D eigenvalue weighted by atomic mass is 16.7. The number of benzene rings is 1. The maximum atomic E-state index is 5.29. The van der Waals surface area contributed by atoms with Gasteiger partial charge in [-0.1, -0.05) is 18.2 Å². The lowest BCUT2D eigenvalue weighted by Crippen LogP contribution is -2.37. The Morgan fingerprint density at radius 2 is 2.00 bits per heavy atom. The van der Waals surface area contributed by atoms with E-state index in [-0.39, 0.29) is 6.10 Å². The van der Waals surface area contributed by atoms with Gasteiger partial charge in [-0.3, -0.25) is 10.3 Å². The van der Waals surface area contributed by atoms with Crippen LogP contribution in [-0.4, -0.2) is 19.3 Å². The largest absolute Gasteiger partial charge is 0.376 e. The Labute approximate surface area is 71.3 Å². The summed E-state index contributed by atoms with van der Waals surface area (Å²) in [5.74, 6) is 0. The van der Waals surface area contributed by atoms with Crippen molar-refractivity contribution in [3.63, 3.8) is 0 Å². The molecule has 2 rings (SSSR count). The van der Waals surface area contributed by atoms with E-state index in [1.54, 1.807) is 0 Å². The monoisotopic (exact) mass is 165 g/mol. The van der Waals surface area contributed by atoms with Crippen LogP contribution in [0.15, 0.2) is 30.3 Å². The highest BCUT2D eigenvalue weighted by molar-refractivity contribution is 5.40. The maximum absolute atomic E-state index is 5.29. The van der Waals surface area contributed by atoms with Crippen molar-refractivity contribution in [1.29, 1.82) is 0 Å². The first kappa shape index (κ1) is 7.58. The lowest BCUT2D eigenvalue weighted by Gasteiger charge is -2.25. The standard InChI is InChI=1S/C9H11NO2/c1-2-4-8(5-3-1)10-12-9-6-11-7-9/h1-5,9-10H,6-7H2. The summed E-state index contributed by atoms with van der Waals surface area (Å²) < 4.78 is 4.96. The Morgan fingerprint density at radius 3 is 2.58 bits per heavy atom. The lowest BCUT2D eigenvalue weighted by molar-refractivity contribution is -0.113. The van der Waals surface area contributed by atoms with Gasteiger partial charge in [0.15, 0.2) is 0 Å². The van der Waals surface area contributed by atoms with Crippen molar-refractivity contribution in [3.05, 3.63) is 30.3 Å². The number of anilines is 1. The van der Waals surface area contributed by atoms with E-state index in [1.165, 1.54) is 0 Å². The summed E-state index contributed by atoms with van der Waals surface area (Å²) in [5, 5.41) is 0. The third kappa shape index (κ3) is 1.75. The molecule has 0 amide bonds.